The summed E-state index contributed by atoms with van der Waals surface area (Å²) in [5.74, 6) is 2.16. The molecular formula is C12H25IN6O. The minimum Gasteiger partial charge on any atom is -0.379 e. The largest absolute Gasteiger partial charge is 0.379 e. The van der Waals surface area contributed by atoms with Gasteiger partial charge in [-0.05, 0) is 5.92 Å². The summed E-state index contributed by atoms with van der Waals surface area (Å²) in [4.78, 5) is 8.26. The molecule has 1 rings (SSSR count). The van der Waals surface area contributed by atoms with Crippen LogP contribution in [0.25, 0.3) is 0 Å². The second kappa shape index (κ2) is 10.8. The summed E-state index contributed by atoms with van der Waals surface area (Å²) in [7, 11) is 3.60. The lowest BCUT2D eigenvalue weighted by Gasteiger charge is -2.12. The first-order valence-electron chi connectivity index (χ1n) is 6.48. The molecule has 1 aromatic heterocycles. The Morgan fingerprint density at radius 1 is 1.45 bits per heavy atom. The molecule has 0 atom stereocenters. The van der Waals surface area contributed by atoms with Crippen molar-refractivity contribution in [3.8, 4) is 0 Å². The van der Waals surface area contributed by atoms with Gasteiger partial charge in [-0.15, -0.1) is 24.0 Å². The maximum absolute atomic E-state index is 5.49. The predicted molar refractivity (Wildman–Crippen MR) is 90.3 cm³/mol. The van der Waals surface area contributed by atoms with Crippen molar-refractivity contribution in [1.29, 1.82) is 0 Å². The second-order valence-corrected chi connectivity index (χ2v) is 4.62. The number of rotatable bonds is 7. The third-order valence-corrected chi connectivity index (χ3v) is 2.43. The molecule has 1 heterocycles. The quantitative estimate of drug-likeness (QED) is 0.308. The molecule has 0 fully saturated rings. The second-order valence-electron chi connectivity index (χ2n) is 4.62. The van der Waals surface area contributed by atoms with Gasteiger partial charge in [0.2, 0.25) is 0 Å². The normalized spacial score (nSPS) is 11.3. The molecule has 0 saturated carbocycles. The van der Waals surface area contributed by atoms with Gasteiger partial charge in [0.1, 0.15) is 12.2 Å². The van der Waals surface area contributed by atoms with Crippen LogP contribution in [-0.4, -0.2) is 47.5 Å². The Bertz CT molecular complexity index is 393. The van der Waals surface area contributed by atoms with Crippen molar-refractivity contribution < 1.29 is 4.74 Å². The molecule has 0 amide bonds. The van der Waals surface area contributed by atoms with Crippen molar-refractivity contribution in [2.24, 2.45) is 18.0 Å². The fraction of sp³-hybridized carbons (Fsp3) is 0.750. The number of guanidine groups is 1. The van der Waals surface area contributed by atoms with Gasteiger partial charge in [0.25, 0.3) is 0 Å². The molecule has 0 aliphatic carbocycles. The number of aliphatic imine (C=N–C) groups is 1. The Morgan fingerprint density at radius 2 is 2.20 bits per heavy atom. The van der Waals surface area contributed by atoms with E-state index in [1.807, 2.05) is 7.05 Å². The summed E-state index contributed by atoms with van der Waals surface area (Å²) in [6.07, 6.45) is 1.53. The number of ether oxygens (including phenoxy) is 1. The maximum Gasteiger partial charge on any atom is 0.191 e. The molecule has 0 spiro atoms. The Balaban J connectivity index is 0.00000361. The van der Waals surface area contributed by atoms with Gasteiger partial charge in [0.05, 0.1) is 13.2 Å². The van der Waals surface area contributed by atoms with Gasteiger partial charge in [-0.2, -0.15) is 5.10 Å². The third kappa shape index (κ3) is 7.63. The highest BCUT2D eigenvalue weighted by molar-refractivity contribution is 14.0. The molecular weight excluding hydrogens is 371 g/mol. The van der Waals surface area contributed by atoms with Gasteiger partial charge in [0, 0.05) is 27.2 Å². The zero-order chi connectivity index (χ0) is 14.1. The summed E-state index contributed by atoms with van der Waals surface area (Å²) < 4.78 is 7.22. The maximum atomic E-state index is 5.49. The van der Waals surface area contributed by atoms with Crippen molar-refractivity contribution >= 4 is 29.9 Å². The van der Waals surface area contributed by atoms with Crippen LogP contribution in [0, 0.1) is 5.92 Å². The van der Waals surface area contributed by atoms with Gasteiger partial charge >= 0.3 is 0 Å². The van der Waals surface area contributed by atoms with E-state index in [2.05, 4.69) is 39.6 Å². The number of aromatic nitrogens is 3. The van der Waals surface area contributed by atoms with E-state index >= 15 is 0 Å². The summed E-state index contributed by atoms with van der Waals surface area (Å²) >= 11 is 0. The van der Waals surface area contributed by atoms with Crippen LogP contribution >= 0.6 is 24.0 Å². The van der Waals surface area contributed by atoms with Crippen LogP contribution in [0.5, 0.6) is 0 Å². The molecule has 20 heavy (non-hydrogen) atoms. The molecule has 7 nitrogen and oxygen atoms in total. The standard InChI is InChI=1S/C12H24N6O.HI/c1-10(2)8-19-6-5-14-12(13-3)15-7-11-16-9-17-18(11)4;/h9-10H,5-8H2,1-4H3,(H2,13,14,15);1H. The molecule has 1 aromatic rings. The molecule has 0 unspecified atom stereocenters. The number of hydrogen-bond acceptors (Lipinski definition) is 4. The molecule has 116 valence electrons. The van der Waals surface area contributed by atoms with E-state index in [1.54, 1.807) is 11.7 Å². The van der Waals surface area contributed by atoms with Crippen LogP contribution in [0.1, 0.15) is 19.7 Å². The Hall–Kier alpha value is -0.900. The lowest BCUT2D eigenvalue weighted by molar-refractivity contribution is 0.114. The molecule has 0 radical (unpaired) electrons. The zero-order valence-electron chi connectivity index (χ0n) is 12.6. The average molecular weight is 396 g/mol. The van der Waals surface area contributed by atoms with E-state index in [4.69, 9.17) is 4.74 Å². The van der Waals surface area contributed by atoms with Gasteiger partial charge in [-0.1, -0.05) is 13.8 Å². The molecule has 0 aliphatic heterocycles. The Labute approximate surface area is 137 Å². The van der Waals surface area contributed by atoms with Crippen molar-refractivity contribution in [3.05, 3.63) is 12.2 Å². The van der Waals surface area contributed by atoms with Crippen LogP contribution in [0.15, 0.2) is 11.3 Å². The fourth-order valence-electron chi connectivity index (χ4n) is 1.42. The SMILES string of the molecule is CN=C(NCCOCC(C)C)NCc1ncnn1C.I. The van der Waals surface area contributed by atoms with Gasteiger partial charge in [0.15, 0.2) is 5.96 Å². The minimum atomic E-state index is 0. The zero-order valence-corrected chi connectivity index (χ0v) is 14.9. The fourth-order valence-corrected chi connectivity index (χ4v) is 1.42. The molecule has 0 saturated heterocycles. The number of nitrogens with one attached hydrogen (secondary N) is 2. The predicted octanol–water partition coefficient (Wildman–Crippen LogP) is 0.771. The minimum absolute atomic E-state index is 0. The monoisotopic (exact) mass is 396 g/mol. The first kappa shape index (κ1) is 19.1. The molecule has 0 aliphatic rings. The van der Waals surface area contributed by atoms with Gasteiger partial charge in [-0.25, -0.2) is 4.98 Å². The van der Waals surface area contributed by atoms with Gasteiger partial charge in [-0.3, -0.25) is 9.67 Å². The van der Waals surface area contributed by atoms with Crippen molar-refractivity contribution in [3.63, 3.8) is 0 Å². The molecule has 8 heteroatoms. The number of hydrogen-bond donors (Lipinski definition) is 2. The van der Waals surface area contributed by atoms with E-state index in [9.17, 15) is 0 Å². The molecule has 0 bridgehead atoms. The topological polar surface area (TPSA) is 76.4 Å². The average Bonchev–Trinajstić information content (AvgIpc) is 2.78. The van der Waals surface area contributed by atoms with E-state index in [0.29, 0.717) is 19.1 Å². The first-order chi connectivity index (χ1) is 9.13. The van der Waals surface area contributed by atoms with E-state index < -0.39 is 0 Å². The van der Waals surface area contributed by atoms with Crippen LogP contribution in [0.4, 0.5) is 0 Å². The summed E-state index contributed by atoms with van der Waals surface area (Å²) in [5.41, 5.74) is 0. The molecule has 2 N–H and O–H groups in total. The number of aryl methyl sites for hydroxylation is 1. The lowest BCUT2D eigenvalue weighted by atomic mass is 10.2. The van der Waals surface area contributed by atoms with Crippen LogP contribution < -0.4 is 10.6 Å². The van der Waals surface area contributed by atoms with Crippen LogP contribution in [-0.2, 0) is 18.3 Å². The highest BCUT2D eigenvalue weighted by Gasteiger charge is 2.02. The van der Waals surface area contributed by atoms with Crippen molar-refractivity contribution in [2.45, 2.75) is 20.4 Å². The third-order valence-electron chi connectivity index (χ3n) is 2.43. The summed E-state index contributed by atoms with van der Waals surface area (Å²) in [6.45, 7) is 7.04. The van der Waals surface area contributed by atoms with E-state index in [0.717, 1.165) is 24.9 Å². The molecule has 0 aromatic carbocycles. The summed E-state index contributed by atoms with van der Waals surface area (Å²) in [5, 5.41) is 10.4. The first-order valence-corrected chi connectivity index (χ1v) is 6.48. The Morgan fingerprint density at radius 3 is 2.75 bits per heavy atom. The van der Waals surface area contributed by atoms with Crippen molar-refractivity contribution in [2.75, 3.05) is 26.8 Å². The lowest BCUT2D eigenvalue weighted by Crippen LogP contribution is -2.39. The van der Waals surface area contributed by atoms with E-state index in [-0.39, 0.29) is 24.0 Å². The number of halogens is 1. The van der Waals surface area contributed by atoms with Crippen molar-refractivity contribution in [1.82, 2.24) is 25.4 Å². The van der Waals surface area contributed by atoms with Gasteiger partial charge < -0.3 is 15.4 Å². The Kier molecular flexibility index (Phi) is 10.3. The van der Waals surface area contributed by atoms with E-state index in [1.165, 1.54) is 6.33 Å². The smallest absolute Gasteiger partial charge is 0.191 e. The summed E-state index contributed by atoms with van der Waals surface area (Å²) in [6, 6.07) is 0. The highest BCUT2D eigenvalue weighted by Crippen LogP contribution is 1.91. The number of nitrogens with zero attached hydrogens (tertiary/aromatic N) is 4. The van der Waals surface area contributed by atoms with Crippen LogP contribution in [0.3, 0.4) is 0 Å². The highest BCUT2D eigenvalue weighted by atomic mass is 127. The van der Waals surface area contributed by atoms with Crippen LogP contribution in [0.2, 0.25) is 0 Å².